The molecule has 17 heavy (non-hydrogen) atoms. The van der Waals surface area contributed by atoms with Crippen LogP contribution in [-0.2, 0) is 0 Å². The van der Waals surface area contributed by atoms with Crippen molar-refractivity contribution in [1.29, 1.82) is 0 Å². The van der Waals surface area contributed by atoms with Gasteiger partial charge in [0.25, 0.3) is 0 Å². The first-order chi connectivity index (χ1) is 8.13. The van der Waals surface area contributed by atoms with Gasteiger partial charge in [-0.1, -0.05) is 50.6 Å². The Morgan fingerprint density at radius 1 is 1.35 bits per heavy atom. The lowest BCUT2D eigenvalue weighted by Crippen LogP contribution is -2.41. The number of nitrogens with one attached hydrogen (secondary N) is 1. The van der Waals surface area contributed by atoms with E-state index < -0.39 is 0 Å². The van der Waals surface area contributed by atoms with E-state index in [0.29, 0.717) is 11.5 Å². The van der Waals surface area contributed by atoms with Gasteiger partial charge >= 0.3 is 0 Å². The van der Waals surface area contributed by atoms with E-state index in [1.54, 1.807) is 0 Å². The summed E-state index contributed by atoms with van der Waals surface area (Å²) in [6.45, 7) is 4.80. The molecule has 0 aliphatic heterocycles. The van der Waals surface area contributed by atoms with E-state index in [-0.39, 0.29) is 12.6 Å². The van der Waals surface area contributed by atoms with Crippen LogP contribution in [0.25, 0.3) is 0 Å². The maximum absolute atomic E-state index is 9.55. The summed E-state index contributed by atoms with van der Waals surface area (Å²) in [5.41, 5.74) is 1.53. The van der Waals surface area contributed by atoms with Gasteiger partial charge in [0.2, 0.25) is 0 Å². The maximum Gasteiger partial charge on any atom is 0.0626 e. The van der Waals surface area contributed by atoms with Crippen LogP contribution in [0.4, 0.5) is 0 Å². The Morgan fingerprint density at radius 2 is 2.06 bits per heavy atom. The summed E-state index contributed by atoms with van der Waals surface area (Å²) >= 11 is 0. The van der Waals surface area contributed by atoms with Crippen LogP contribution in [0.1, 0.15) is 44.7 Å². The van der Waals surface area contributed by atoms with E-state index in [4.69, 9.17) is 0 Å². The molecule has 0 radical (unpaired) electrons. The van der Waals surface area contributed by atoms with Gasteiger partial charge in [-0.25, -0.2) is 0 Å². The average molecular weight is 233 g/mol. The predicted octanol–water partition coefficient (Wildman–Crippen LogP) is 2.89. The molecule has 1 saturated carbocycles. The summed E-state index contributed by atoms with van der Waals surface area (Å²) in [7, 11) is 0. The lowest BCUT2D eigenvalue weighted by atomic mass is 9.86. The molecule has 1 aliphatic carbocycles. The zero-order valence-electron chi connectivity index (χ0n) is 10.8. The van der Waals surface area contributed by atoms with Gasteiger partial charge in [0.1, 0.15) is 0 Å². The lowest BCUT2D eigenvalue weighted by Gasteiger charge is -2.31. The first kappa shape index (κ1) is 12.6. The van der Waals surface area contributed by atoms with Gasteiger partial charge in [-0.15, -0.1) is 0 Å². The molecule has 0 saturated heterocycles. The predicted molar refractivity (Wildman–Crippen MR) is 70.8 cm³/mol. The average Bonchev–Trinajstić information content (AvgIpc) is 2.66. The molecule has 0 spiro atoms. The van der Waals surface area contributed by atoms with Crippen LogP contribution in [0, 0.1) is 5.41 Å². The first-order valence-corrected chi connectivity index (χ1v) is 6.55. The van der Waals surface area contributed by atoms with Crippen molar-refractivity contribution in [3.05, 3.63) is 35.9 Å². The summed E-state index contributed by atoms with van der Waals surface area (Å²) in [6.07, 6.45) is 3.78. The fourth-order valence-electron chi connectivity index (χ4n) is 2.82. The van der Waals surface area contributed by atoms with Gasteiger partial charge in [-0.05, 0) is 23.8 Å². The molecule has 2 N–H and O–H groups in total. The molecule has 0 aromatic heterocycles. The highest BCUT2D eigenvalue weighted by Gasteiger charge is 2.35. The van der Waals surface area contributed by atoms with E-state index in [9.17, 15) is 5.11 Å². The minimum Gasteiger partial charge on any atom is -0.394 e. The van der Waals surface area contributed by atoms with Crippen molar-refractivity contribution in [3.8, 4) is 0 Å². The van der Waals surface area contributed by atoms with Crippen LogP contribution in [0.3, 0.4) is 0 Å². The third-order valence-electron chi connectivity index (χ3n) is 4.04. The molecule has 0 amide bonds. The minimum absolute atomic E-state index is 0.0681. The molecule has 2 atom stereocenters. The van der Waals surface area contributed by atoms with Crippen molar-refractivity contribution >= 4 is 0 Å². The summed E-state index contributed by atoms with van der Waals surface area (Å²) in [5, 5.41) is 13.2. The summed E-state index contributed by atoms with van der Waals surface area (Å²) in [4.78, 5) is 0. The molecule has 2 rings (SSSR count). The zero-order valence-corrected chi connectivity index (χ0v) is 10.8. The third kappa shape index (κ3) is 2.88. The first-order valence-electron chi connectivity index (χ1n) is 6.55. The number of hydrogen-bond donors (Lipinski definition) is 2. The van der Waals surface area contributed by atoms with Crippen LogP contribution in [0.5, 0.6) is 0 Å². The van der Waals surface area contributed by atoms with Gasteiger partial charge < -0.3 is 10.4 Å². The van der Waals surface area contributed by atoms with E-state index in [2.05, 4.69) is 31.3 Å². The summed E-state index contributed by atoms with van der Waals surface area (Å²) in [6, 6.07) is 10.8. The Morgan fingerprint density at radius 3 is 2.59 bits per heavy atom. The van der Waals surface area contributed by atoms with Crippen molar-refractivity contribution in [3.63, 3.8) is 0 Å². The molecule has 1 aromatic rings. The van der Waals surface area contributed by atoms with Crippen LogP contribution < -0.4 is 5.32 Å². The Balaban J connectivity index is 2.06. The highest BCUT2D eigenvalue weighted by molar-refractivity contribution is 5.19. The van der Waals surface area contributed by atoms with Gasteiger partial charge in [-0.3, -0.25) is 0 Å². The van der Waals surface area contributed by atoms with Crippen molar-refractivity contribution in [1.82, 2.24) is 5.32 Å². The number of aliphatic hydroxyl groups excluding tert-OH is 1. The second-order valence-corrected chi connectivity index (χ2v) is 5.75. The van der Waals surface area contributed by atoms with Crippen molar-refractivity contribution < 1.29 is 5.11 Å². The number of benzene rings is 1. The summed E-state index contributed by atoms with van der Waals surface area (Å²) in [5.74, 6) is 0. The minimum atomic E-state index is 0.0681. The monoisotopic (exact) mass is 233 g/mol. The molecule has 1 unspecified atom stereocenters. The van der Waals surface area contributed by atoms with Crippen LogP contribution >= 0.6 is 0 Å². The highest BCUT2D eigenvalue weighted by Crippen LogP contribution is 2.38. The van der Waals surface area contributed by atoms with Crippen LogP contribution in [0.2, 0.25) is 0 Å². The van der Waals surface area contributed by atoms with E-state index in [0.717, 1.165) is 0 Å². The van der Waals surface area contributed by atoms with Crippen LogP contribution in [-0.4, -0.2) is 17.8 Å². The number of rotatable bonds is 4. The van der Waals surface area contributed by atoms with E-state index >= 15 is 0 Å². The topological polar surface area (TPSA) is 32.3 Å². The molecule has 0 heterocycles. The normalized spacial score (nSPS) is 24.8. The van der Waals surface area contributed by atoms with Gasteiger partial charge in [0.05, 0.1) is 12.6 Å². The fourth-order valence-corrected chi connectivity index (χ4v) is 2.82. The van der Waals surface area contributed by atoms with Crippen molar-refractivity contribution in [2.75, 3.05) is 6.61 Å². The zero-order chi connectivity index (χ0) is 12.3. The smallest absolute Gasteiger partial charge is 0.0626 e. The fraction of sp³-hybridized carbons (Fsp3) is 0.600. The quantitative estimate of drug-likeness (QED) is 0.838. The molecular weight excluding hydrogens is 210 g/mol. The molecule has 2 nitrogen and oxygen atoms in total. The van der Waals surface area contributed by atoms with Gasteiger partial charge in [0.15, 0.2) is 0 Å². The Kier molecular flexibility index (Phi) is 3.85. The largest absolute Gasteiger partial charge is 0.394 e. The molecule has 2 heteroatoms. The standard InChI is InChI=1S/C15H23NO/c1-15(2)10-6-9-14(15)16-13(11-17)12-7-4-3-5-8-12/h3-5,7-8,13-14,16-17H,6,9-11H2,1-2H3/t13-,14?/m0/s1. The van der Waals surface area contributed by atoms with Gasteiger partial charge in [0, 0.05) is 6.04 Å². The molecular formula is C15H23NO. The molecule has 1 aromatic carbocycles. The number of hydrogen-bond acceptors (Lipinski definition) is 2. The Bertz CT molecular complexity index is 347. The molecule has 1 fully saturated rings. The SMILES string of the molecule is CC1(C)CCCC1N[C@@H](CO)c1ccccc1. The maximum atomic E-state index is 9.55. The van der Waals surface area contributed by atoms with Crippen LogP contribution in [0.15, 0.2) is 30.3 Å². The number of aliphatic hydroxyl groups is 1. The molecule has 0 bridgehead atoms. The van der Waals surface area contributed by atoms with E-state index in [1.165, 1.54) is 24.8 Å². The third-order valence-corrected chi connectivity index (χ3v) is 4.04. The second-order valence-electron chi connectivity index (χ2n) is 5.75. The Hall–Kier alpha value is -0.860. The molecule has 1 aliphatic rings. The summed E-state index contributed by atoms with van der Waals surface area (Å²) < 4.78 is 0. The molecule has 94 valence electrons. The van der Waals surface area contributed by atoms with Crippen molar-refractivity contribution in [2.45, 2.75) is 45.2 Å². The highest BCUT2D eigenvalue weighted by atomic mass is 16.3. The lowest BCUT2D eigenvalue weighted by molar-refractivity contribution is 0.198. The Labute approximate surface area is 104 Å². The van der Waals surface area contributed by atoms with Crippen molar-refractivity contribution in [2.24, 2.45) is 5.41 Å². The second kappa shape index (κ2) is 5.19. The van der Waals surface area contributed by atoms with E-state index in [1.807, 2.05) is 18.2 Å². The van der Waals surface area contributed by atoms with Gasteiger partial charge in [-0.2, -0.15) is 0 Å².